The van der Waals surface area contributed by atoms with E-state index in [2.05, 4.69) is 15.6 Å². The van der Waals surface area contributed by atoms with E-state index in [0.29, 0.717) is 16.7 Å². The van der Waals surface area contributed by atoms with E-state index in [9.17, 15) is 9.59 Å². The van der Waals surface area contributed by atoms with Gasteiger partial charge in [-0.25, -0.2) is 4.79 Å². The van der Waals surface area contributed by atoms with E-state index in [1.807, 2.05) is 0 Å². The number of anilines is 1. The van der Waals surface area contributed by atoms with Crippen LogP contribution < -0.4 is 5.32 Å². The Balaban J connectivity index is 2.12. The molecule has 0 aliphatic carbocycles. The maximum atomic E-state index is 12.1. The lowest BCUT2D eigenvalue weighted by molar-refractivity contribution is -0.115. The molecule has 0 radical (unpaired) electrons. The third-order valence-corrected chi connectivity index (χ3v) is 2.89. The average molecular weight is 274 g/mol. The number of nitrogens with one attached hydrogen (secondary N) is 1. The molecule has 0 saturated heterocycles. The summed E-state index contributed by atoms with van der Waals surface area (Å²) in [6.45, 7) is 5.33. The van der Waals surface area contributed by atoms with Gasteiger partial charge in [-0.1, -0.05) is 5.21 Å². The van der Waals surface area contributed by atoms with Crippen molar-refractivity contribution in [1.82, 2.24) is 15.0 Å². The summed E-state index contributed by atoms with van der Waals surface area (Å²) in [4.78, 5) is 23.6. The van der Waals surface area contributed by atoms with Gasteiger partial charge in [-0.2, -0.15) is 0 Å². The second-order valence-corrected chi connectivity index (χ2v) is 5.67. The quantitative estimate of drug-likeness (QED) is 0.790. The Morgan fingerprint density at radius 3 is 2.85 bits per heavy atom. The fourth-order valence-corrected chi connectivity index (χ4v) is 2.16. The van der Waals surface area contributed by atoms with Crippen molar-refractivity contribution in [2.24, 2.45) is 0 Å². The molecule has 0 spiro atoms. The van der Waals surface area contributed by atoms with Gasteiger partial charge < -0.3 is 10.1 Å². The standard InChI is InChI=1S/C13H14N4O3/c1-13(2,3)20-12(19)17-11-7-6-10(18)14-8(7)4-5-9(11)15-16-17/h4-5H,6H2,1-3H3,(H,14,18). The third kappa shape index (κ3) is 2.01. The van der Waals surface area contributed by atoms with E-state index >= 15 is 0 Å². The molecule has 20 heavy (non-hydrogen) atoms. The molecule has 104 valence electrons. The lowest BCUT2D eigenvalue weighted by atomic mass is 10.1. The summed E-state index contributed by atoms with van der Waals surface area (Å²) in [6, 6.07) is 3.48. The molecule has 1 aliphatic rings. The van der Waals surface area contributed by atoms with Gasteiger partial charge in [-0.05, 0) is 32.9 Å². The predicted molar refractivity (Wildman–Crippen MR) is 71.5 cm³/mol. The third-order valence-electron chi connectivity index (χ3n) is 2.89. The molecule has 0 unspecified atom stereocenters. The monoisotopic (exact) mass is 274 g/mol. The van der Waals surface area contributed by atoms with E-state index in [1.165, 1.54) is 0 Å². The average Bonchev–Trinajstić information content (AvgIpc) is 2.87. The maximum Gasteiger partial charge on any atom is 0.437 e. The summed E-state index contributed by atoms with van der Waals surface area (Å²) in [6.07, 6.45) is -0.393. The first-order valence-corrected chi connectivity index (χ1v) is 6.26. The molecule has 1 aliphatic heterocycles. The molecule has 3 rings (SSSR count). The van der Waals surface area contributed by atoms with Gasteiger partial charge in [0.15, 0.2) is 0 Å². The van der Waals surface area contributed by atoms with Crippen molar-refractivity contribution in [2.75, 3.05) is 5.32 Å². The molecular formula is C13H14N4O3. The van der Waals surface area contributed by atoms with Gasteiger partial charge in [0.2, 0.25) is 5.91 Å². The van der Waals surface area contributed by atoms with Crippen LogP contribution >= 0.6 is 0 Å². The second-order valence-electron chi connectivity index (χ2n) is 5.67. The molecule has 1 N–H and O–H groups in total. The number of aromatic nitrogens is 3. The van der Waals surface area contributed by atoms with E-state index < -0.39 is 11.7 Å². The highest BCUT2D eigenvalue weighted by Gasteiger charge is 2.27. The Morgan fingerprint density at radius 2 is 2.15 bits per heavy atom. The lowest BCUT2D eigenvalue weighted by Crippen LogP contribution is -2.28. The zero-order valence-corrected chi connectivity index (χ0v) is 11.4. The minimum Gasteiger partial charge on any atom is -0.442 e. The van der Waals surface area contributed by atoms with Crippen LogP contribution in [0.25, 0.3) is 11.0 Å². The Labute approximate surface area is 114 Å². The van der Waals surface area contributed by atoms with Gasteiger partial charge in [0, 0.05) is 11.3 Å². The van der Waals surface area contributed by atoms with Gasteiger partial charge in [0.05, 0.1) is 6.42 Å². The minimum absolute atomic E-state index is 0.107. The Kier molecular flexibility index (Phi) is 2.53. The van der Waals surface area contributed by atoms with E-state index in [-0.39, 0.29) is 12.3 Å². The summed E-state index contributed by atoms with van der Waals surface area (Å²) in [7, 11) is 0. The van der Waals surface area contributed by atoms with Crippen molar-refractivity contribution in [2.45, 2.75) is 32.8 Å². The van der Waals surface area contributed by atoms with Crippen LogP contribution in [0, 0.1) is 0 Å². The first kappa shape index (κ1) is 12.6. The Hall–Kier alpha value is -2.44. The number of benzene rings is 1. The summed E-state index contributed by atoms with van der Waals surface area (Å²) in [5, 5.41) is 10.5. The molecule has 2 heterocycles. The fraction of sp³-hybridized carbons (Fsp3) is 0.385. The van der Waals surface area contributed by atoms with Crippen LogP contribution in [0.3, 0.4) is 0 Å². The summed E-state index contributed by atoms with van der Waals surface area (Å²) < 4.78 is 6.40. The molecule has 1 aromatic heterocycles. The van der Waals surface area contributed by atoms with Crippen LogP contribution in [0.15, 0.2) is 12.1 Å². The molecule has 0 bridgehead atoms. The number of rotatable bonds is 0. The lowest BCUT2D eigenvalue weighted by Gasteiger charge is -2.19. The summed E-state index contributed by atoms with van der Waals surface area (Å²) in [5.41, 5.74) is 1.88. The van der Waals surface area contributed by atoms with E-state index in [4.69, 9.17) is 4.74 Å². The highest BCUT2D eigenvalue weighted by atomic mass is 16.6. The minimum atomic E-state index is -0.624. The van der Waals surface area contributed by atoms with Crippen LogP contribution in [0.5, 0.6) is 0 Å². The van der Waals surface area contributed by atoms with E-state index in [0.717, 1.165) is 10.2 Å². The zero-order valence-electron chi connectivity index (χ0n) is 11.4. The molecule has 0 saturated carbocycles. The highest BCUT2D eigenvalue weighted by molar-refractivity contribution is 6.05. The van der Waals surface area contributed by atoms with Crippen molar-refractivity contribution in [1.29, 1.82) is 0 Å². The van der Waals surface area contributed by atoms with Crippen molar-refractivity contribution in [3.8, 4) is 0 Å². The number of amides is 1. The zero-order chi connectivity index (χ0) is 14.5. The van der Waals surface area contributed by atoms with Crippen LogP contribution in [-0.2, 0) is 16.0 Å². The molecular weight excluding hydrogens is 260 g/mol. The number of hydrogen-bond acceptors (Lipinski definition) is 5. The topological polar surface area (TPSA) is 86.1 Å². The normalized spacial score (nSPS) is 14.2. The molecule has 7 nitrogen and oxygen atoms in total. The van der Waals surface area contributed by atoms with Gasteiger partial charge in [0.1, 0.15) is 16.6 Å². The molecule has 0 fully saturated rings. The number of carbonyl (C=O) groups excluding carboxylic acids is 2. The molecule has 1 amide bonds. The molecule has 7 heteroatoms. The number of nitrogens with zero attached hydrogens (tertiary/aromatic N) is 3. The Bertz CT molecular complexity index is 727. The SMILES string of the molecule is CC(C)(C)OC(=O)n1nnc2ccc3c(c21)CC(=O)N3. The number of fused-ring (bicyclic) bond motifs is 3. The van der Waals surface area contributed by atoms with Crippen LogP contribution in [0.1, 0.15) is 26.3 Å². The van der Waals surface area contributed by atoms with Gasteiger partial charge in [-0.15, -0.1) is 9.78 Å². The second kappa shape index (κ2) is 4.03. The van der Waals surface area contributed by atoms with Crippen molar-refractivity contribution < 1.29 is 14.3 Å². The van der Waals surface area contributed by atoms with Crippen LogP contribution in [0.4, 0.5) is 10.5 Å². The van der Waals surface area contributed by atoms with Crippen molar-refractivity contribution in [3.05, 3.63) is 17.7 Å². The van der Waals surface area contributed by atoms with E-state index in [1.54, 1.807) is 32.9 Å². The molecule has 1 aromatic carbocycles. The Morgan fingerprint density at radius 1 is 1.40 bits per heavy atom. The first-order chi connectivity index (χ1) is 9.35. The molecule has 2 aromatic rings. The first-order valence-electron chi connectivity index (χ1n) is 6.26. The van der Waals surface area contributed by atoms with Gasteiger partial charge in [0.25, 0.3) is 0 Å². The largest absolute Gasteiger partial charge is 0.442 e. The fourth-order valence-electron chi connectivity index (χ4n) is 2.16. The number of ether oxygens (including phenoxy) is 1. The van der Waals surface area contributed by atoms with Crippen molar-refractivity contribution in [3.63, 3.8) is 0 Å². The maximum absolute atomic E-state index is 12.1. The van der Waals surface area contributed by atoms with Crippen LogP contribution in [0.2, 0.25) is 0 Å². The number of hydrogen-bond donors (Lipinski definition) is 1. The highest BCUT2D eigenvalue weighted by Crippen LogP contribution is 2.30. The predicted octanol–water partition coefficient (Wildman–Crippen LogP) is 1.71. The summed E-state index contributed by atoms with van der Waals surface area (Å²) in [5.74, 6) is -0.107. The smallest absolute Gasteiger partial charge is 0.437 e. The summed E-state index contributed by atoms with van der Waals surface area (Å²) >= 11 is 0. The van der Waals surface area contributed by atoms with Crippen molar-refractivity contribution >= 4 is 28.7 Å². The number of carbonyl (C=O) groups is 2. The van der Waals surface area contributed by atoms with Gasteiger partial charge >= 0.3 is 6.09 Å². The molecule has 0 atom stereocenters. The van der Waals surface area contributed by atoms with Crippen LogP contribution in [-0.4, -0.2) is 32.6 Å². The van der Waals surface area contributed by atoms with Gasteiger partial charge in [-0.3, -0.25) is 4.79 Å².